The van der Waals surface area contributed by atoms with Crippen LogP contribution in [0.3, 0.4) is 0 Å². The Kier molecular flexibility index (Phi) is 11.6. The Morgan fingerprint density at radius 1 is 1.21 bits per heavy atom. The van der Waals surface area contributed by atoms with Crippen molar-refractivity contribution in [3.8, 4) is 0 Å². The second-order valence-electron chi connectivity index (χ2n) is 4.44. The van der Waals surface area contributed by atoms with Gasteiger partial charge in [0.1, 0.15) is 5.60 Å². The van der Waals surface area contributed by atoms with Gasteiger partial charge in [0.15, 0.2) is 0 Å². The van der Waals surface area contributed by atoms with Crippen LogP contribution in [-0.4, -0.2) is 44.9 Å². The van der Waals surface area contributed by atoms with E-state index in [2.05, 4.69) is 14.8 Å². The summed E-state index contributed by atoms with van der Waals surface area (Å²) >= 11 is 0. The van der Waals surface area contributed by atoms with Crippen LogP contribution in [0.4, 0.5) is 4.79 Å². The van der Waals surface area contributed by atoms with Crippen LogP contribution in [-0.2, 0) is 23.8 Å². The van der Waals surface area contributed by atoms with Crippen LogP contribution in [0.25, 0.3) is 0 Å². The molecule has 0 aliphatic carbocycles. The van der Waals surface area contributed by atoms with E-state index in [-0.39, 0.29) is 5.97 Å². The molecule has 0 saturated heterocycles. The molecule has 0 atom stereocenters. The summed E-state index contributed by atoms with van der Waals surface area (Å²) in [6.45, 7) is 6.16. The minimum absolute atomic E-state index is 0.277. The van der Waals surface area contributed by atoms with Crippen molar-refractivity contribution in [2.75, 3.05) is 20.8 Å². The Bertz CT molecular complexity index is 272. The number of methoxy groups -OCH3 is 2. The standard InChI is InChI=1S/C10H19NO4.C2H4O2/c1-10(2,3)15-9(13)11-7-5-6-8(12)14-4;1-4-2-3/h5-7H2,1-4H3,(H,11,13);2H,1H3. The summed E-state index contributed by atoms with van der Waals surface area (Å²) in [4.78, 5) is 30.8. The number of nitrogens with one attached hydrogen (secondary N) is 1. The number of ether oxygens (including phenoxy) is 3. The monoisotopic (exact) mass is 277 g/mol. The molecule has 19 heavy (non-hydrogen) atoms. The lowest BCUT2D eigenvalue weighted by Crippen LogP contribution is -2.33. The van der Waals surface area contributed by atoms with Gasteiger partial charge in [0, 0.05) is 13.0 Å². The molecule has 0 spiro atoms. The zero-order chi connectivity index (χ0) is 15.3. The molecule has 0 fully saturated rings. The van der Waals surface area contributed by atoms with E-state index in [1.165, 1.54) is 14.2 Å². The normalized spacial score (nSPS) is 9.53. The molecule has 0 rings (SSSR count). The van der Waals surface area contributed by atoms with Gasteiger partial charge in [0.25, 0.3) is 6.47 Å². The number of hydrogen-bond acceptors (Lipinski definition) is 6. The molecule has 0 bridgehead atoms. The molecule has 7 nitrogen and oxygen atoms in total. The fraction of sp³-hybridized carbons (Fsp3) is 0.750. The first-order valence-corrected chi connectivity index (χ1v) is 5.77. The quantitative estimate of drug-likeness (QED) is 0.352. The summed E-state index contributed by atoms with van der Waals surface area (Å²) < 4.78 is 13.3. The van der Waals surface area contributed by atoms with Crippen LogP contribution in [0.2, 0.25) is 0 Å². The highest BCUT2D eigenvalue weighted by Gasteiger charge is 2.15. The molecular weight excluding hydrogens is 254 g/mol. The molecule has 1 N–H and O–H groups in total. The number of carbonyl (C=O) groups is 3. The third kappa shape index (κ3) is 18.8. The second-order valence-corrected chi connectivity index (χ2v) is 4.44. The van der Waals surface area contributed by atoms with Gasteiger partial charge in [-0.15, -0.1) is 0 Å². The van der Waals surface area contributed by atoms with Gasteiger partial charge in [-0.2, -0.15) is 0 Å². The highest BCUT2D eigenvalue weighted by Crippen LogP contribution is 2.06. The summed E-state index contributed by atoms with van der Waals surface area (Å²) in [5.41, 5.74) is -0.494. The molecule has 0 aliphatic heterocycles. The lowest BCUT2D eigenvalue weighted by Gasteiger charge is -2.19. The second kappa shape index (κ2) is 11.3. The van der Waals surface area contributed by atoms with Crippen molar-refractivity contribution in [2.24, 2.45) is 0 Å². The lowest BCUT2D eigenvalue weighted by molar-refractivity contribution is -0.140. The van der Waals surface area contributed by atoms with Gasteiger partial charge in [-0.3, -0.25) is 9.59 Å². The smallest absolute Gasteiger partial charge is 0.407 e. The number of esters is 1. The van der Waals surface area contributed by atoms with Gasteiger partial charge in [-0.25, -0.2) is 4.79 Å². The van der Waals surface area contributed by atoms with Gasteiger partial charge in [-0.1, -0.05) is 0 Å². The Balaban J connectivity index is 0. The Hall–Kier alpha value is -1.79. The van der Waals surface area contributed by atoms with Gasteiger partial charge in [-0.05, 0) is 27.2 Å². The Labute approximate surface area is 113 Å². The maximum atomic E-state index is 11.1. The maximum Gasteiger partial charge on any atom is 0.407 e. The highest BCUT2D eigenvalue weighted by molar-refractivity contribution is 5.69. The fourth-order valence-electron chi connectivity index (χ4n) is 0.839. The van der Waals surface area contributed by atoms with Crippen molar-refractivity contribution in [3.63, 3.8) is 0 Å². The Morgan fingerprint density at radius 2 is 1.74 bits per heavy atom. The van der Waals surface area contributed by atoms with Crippen molar-refractivity contribution in [1.82, 2.24) is 5.32 Å². The number of alkyl carbamates (subject to hydrolysis) is 1. The van der Waals surface area contributed by atoms with Crippen molar-refractivity contribution >= 4 is 18.5 Å². The summed E-state index contributed by atoms with van der Waals surface area (Å²) in [7, 11) is 2.65. The van der Waals surface area contributed by atoms with Crippen LogP contribution < -0.4 is 5.32 Å². The summed E-state index contributed by atoms with van der Waals surface area (Å²) in [6, 6.07) is 0. The average Bonchev–Trinajstić information content (AvgIpc) is 2.32. The largest absolute Gasteiger partial charge is 0.471 e. The molecule has 0 aromatic heterocycles. The third-order valence-electron chi connectivity index (χ3n) is 1.55. The van der Waals surface area contributed by atoms with Crippen molar-refractivity contribution in [1.29, 1.82) is 0 Å². The Morgan fingerprint density at radius 3 is 2.11 bits per heavy atom. The predicted molar refractivity (Wildman–Crippen MR) is 68.6 cm³/mol. The first-order valence-electron chi connectivity index (χ1n) is 5.77. The minimum atomic E-state index is -0.494. The average molecular weight is 277 g/mol. The number of amides is 1. The SMILES string of the molecule is COC(=O)CCCNC(=O)OC(C)(C)C.COC=O. The summed E-state index contributed by atoms with van der Waals surface area (Å²) in [6.07, 6.45) is 0.380. The van der Waals surface area contributed by atoms with Crippen molar-refractivity contribution in [3.05, 3.63) is 0 Å². The van der Waals surface area contributed by atoms with Crippen LogP contribution in [0.5, 0.6) is 0 Å². The molecule has 7 heteroatoms. The first-order chi connectivity index (χ1) is 8.76. The van der Waals surface area contributed by atoms with E-state index in [1.54, 1.807) is 20.8 Å². The molecular formula is C12H23NO6. The van der Waals surface area contributed by atoms with Crippen LogP contribution in [0, 0.1) is 0 Å². The highest BCUT2D eigenvalue weighted by atomic mass is 16.6. The lowest BCUT2D eigenvalue weighted by atomic mass is 10.2. The van der Waals surface area contributed by atoms with Gasteiger partial charge < -0.3 is 19.5 Å². The molecule has 0 aromatic rings. The van der Waals surface area contributed by atoms with Gasteiger partial charge in [0.2, 0.25) is 0 Å². The predicted octanol–water partition coefficient (Wildman–Crippen LogP) is 1.25. The third-order valence-corrected chi connectivity index (χ3v) is 1.55. The minimum Gasteiger partial charge on any atom is -0.471 e. The summed E-state index contributed by atoms with van der Waals surface area (Å²) in [5.74, 6) is -0.277. The molecule has 1 amide bonds. The van der Waals surface area contributed by atoms with Crippen LogP contribution in [0.15, 0.2) is 0 Å². The van der Waals surface area contributed by atoms with E-state index < -0.39 is 11.7 Å². The molecule has 0 radical (unpaired) electrons. The van der Waals surface area contributed by atoms with E-state index >= 15 is 0 Å². The van der Waals surface area contributed by atoms with E-state index in [0.717, 1.165) is 0 Å². The van der Waals surface area contributed by atoms with Crippen LogP contribution >= 0.6 is 0 Å². The zero-order valence-electron chi connectivity index (χ0n) is 12.1. The molecule has 0 unspecified atom stereocenters. The molecule has 0 heterocycles. The van der Waals surface area contributed by atoms with Gasteiger partial charge >= 0.3 is 12.1 Å². The van der Waals surface area contributed by atoms with Gasteiger partial charge in [0.05, 0.1) is 14.2 Å². The number of hydrogen-bond donors (Lipinski definition) is 1. The van der Waals surface area contributed by atoms with Crippen LogP contribution in [0.1, 0.15) is 33.6 Å². The van der Waals surface area contributed by atoms with Crippen molar-refractivity contribution in [2.45, 2.75) is 39.2 Å². The number of carbonyl (C=O) groups excluding carboxylic acids is 3. The van der Waals surface area contributed by atoms with E-state index in [1.807, 2.05) is 0 Å². The molecule has 0 aliphatic rings. The summed E-state index contributed by atoms with van der Waals surface area (Å²) in [5, 5.41) is 2.55. The molecule has 0 saturated carbocycles. The fourth-order valence-corrected chi connectivity index (χ4v) is 0.839. The molecule has 112 valence electrons. The first kappa shape index (κ1) is 19.5. The maximum absolute atomic E-state index is 11.1. The zero-order valence-corrected chi connectivity index (χ0v) is 12.1. The van der Waals surface area contributed by atoms with E-state index in [4.69, 9.17) is 9.53 Å². The van der Waals surface area contributed by atoms with E-state index in [9.17, 15) is 9.59 Å². The van der Waals surface area contributed by atoms with E-state index in [0.29, 0.717) is 25.9 Å². The van der Waals surface area contributed by atoms with Crippen molar-refractivity contribution < 1.29 is 28.6 Å². The molecule has 0 aromatic carbocycles. The number of rotatable bonds is 5. The topological polar surface area (TPSA) is 90.9 Å².